The number of hydrogen-bond donors (Lipinski definition) is 0. The average Bonchev–Trinajstić information content (AvgIpc) is 3.03. The van der Waals surface area contributed by atoms with Crippen molar-refractivity contribution in [1.82, 2.24) is 0 Å². The molecule has 0 saturated carbocycles. The Morgan fingerprint density at radius 3 is 2.22 bits per heavy atom. The van der Waals surface area contributed by atoms with Crippen molar-refractivity contribution in [3.05, 3.63) is 12.2 Å². The van der Waals surface area contributed by atoms with Gasteiger partial charge in [-0.05, 0) is 32.8 Å². The van der Waals surface area contributed by atoms with E-state index < -0.39 is 12.9 Å². The molecule has 0 aliphatic carbocycles. The van der Waals surface area contributed by atoms with Gasteiger partial charge in [0.25, 0.3) is 0 Å². The molecule has 1 aliphatic heterocycles. The van der Waals surface area contributed by atoms with Gasteiger partial charge in [0.05, 0.1) is 18.9 Å². The molecule has 0 spiro atoms. The van der Waals surface area contributed by atoms with Gasteiger partial charge in [-0.2, -0.15) is 0 Å². The Balaban J connectivity index is 2.96. The summed E-state index contributed by atoms with van der Waals surface area (Å²) in [7, 11) is -3.22. The molecule has 0 aromatic heterocycles. The van der Waals surface area contributed by atoms with Crippen molar-refractivity contribution in [1.29, 1.82) is 0 Å². The van der Waals surface area contributed by atoms with Crippen molar-refractivity contribution in [2.24, 2.45) is 4.99 Å². The summed E-state index contributed by atoms with van der Waals surface area (Å²) < 4.78 is 23.8. The topological polar surface area (TPSA) is 47.9 Å². The first kappa shape index (κ1) is 15.6. The second-order valence-corrected chi connectivity index (χ2v) is 6.75. The van der Waals surface area contributed by atoms with Crippen molar-refractivity contribution >= 4 is 13.3 Å². The van der Waals surface area contributed by atoms with Crippen LogP contribution < -0.4 is 0 Å². The van der Waals surface area contributed by atoms with E-state index in [0.29, 0.717) is 19.6 Å². The quantitative estimate of drug-likeness (QED) is 0.592. The molecule has 5 heteroatoms. The SMILES string of the molecule is C=C(C)C1=NC1(CCCC)P(=O)(OCC)OCC. The third kappa shape index (κ3) is 2.76. The van der Waals surface area contributed by atoms with Crippen LogP contribution in [0.1, 0.15) is 47.0 Å². The smallest absolute Gasteiger partial charge is 0.307 e. The van der Waals surface area contributed by atoms with E-state index in [-0.39, 0.29) is 0 Å². The molecular weight excluding hydrogens is 249 g/mol. The highest BCUT2D eigenvalue weighted by atomic mass is 31.2. The first-order valence-corrected chi connectivity index (χ1v) is 8.17. The minimum Gasteiger partial charge on any atom is -0.307 e. The molecule has 1 atom stereocenters. The third-order valence-electron chi connectivity index (χ3n) is 2.96. The van der Waals surface area contributed by atoms with Crippen LogP contribution in [0.15, 0.2) is 17.1 Å². The zero-order chi connectivity index (χ0) is 13.8. The van der Waals surface area contributed by atoms with Gasteiger partial charge in [0.2, 0.25) is 5.28 Å². The molecule has 0 saturated heterocycles. The molecule has 0 aromatic carbocycles. The van der Waals surface area contributed by atoms with Crippen LogP contribution >= 0.6 is 7.60 Å². The maximum absolute atomic E-state index is 12.9. The zero-order valence-corrected chi connectivity index (χ0v) is 12.8. The summed E-state index contributed by atoms with van der Waals surface area (Å²) >= 11 is 0. The highest BCUT2D eigenvalue weighted by molar-refractivity contribution is 7.57. The highest BCUT2D eigenvalue weighted by Gasteiger charge is 2.62. The first-order chi connectivity index (χ1) is 8.47. The Labute approximate surface area is 110 Å². The summed E-state index contributed by atoms with van der Waals surface area (Å²) in [5.74, 6) is 0. The van der Waals surface area contributed by atoms with Crippen molar-refractivity contribution in [2.75, 3.05) is 13.2 Å². The monoisotopic (exact) mass is 273 g/mol. The average molecular weight is 273 g/mol. The fourth-order valence-electron chi connectivity index (χ4n) is 2.11. The van der Waals surface area contributed by atoms with E-state index in [1.54, 1.807) is 0 Å². The van der Waals surface area contributed by atoms with E-state index in [1.165, 1.54) is 0 Å². The summed E-state index contributed by atoms with van der Waals surface area (Å²) in [6.45, 7) is 12.2. The number of hydrogen-bond acceptors (Lipinski definition) is 4. The molecule has 0 aromatic rings. The summed E-state index contributed by atoms with van der Waals surface area (Å²) in [4.78, 5) is 4.44. The van der Waals surface area contributed by atoms with Crippen LogP contribution in [0.3, 0.4) is 0 Å². The fourth-order valence-corrected chi connectivity index (χ4v) is 4.40. The standard InChI is InChI=1S/C13H24NO3P/c1-6-9-10-13(12(14-13)11(4)5)18(15,16-7-2)17-8-3/h4,6-10H2,1-3,5H3. The second kappa shape index (κ2) is 6.14. The summed E-state index contributed by atoms with van der Waals surface area (Å²) in [6.07, 6.45) is 2.69. The summed E-state index contributed by atoms with van der Waals surface area (Å²) in [5, 5.41) is -0.749. The molecule has 1 rings (SSSR count). The van der Waals surface area contributed by atoms with Crippen molar-refractivity contribution in [3.8, 4) is 0 Å². The number of aliphatic imine (C=N–C) groups is 1. The van der Waals surface area contributed by atoms with Crippen LogP contribution in [0.2, 0.25) is 0 Å². The van der Waals surface area contributed by atoms with Gasteiger partial charge in [-0.25, -0.2) is 0 Å². The lowest BCUT2D eigenvalue weighted by Gasteiger charge is -2.25. The van der Waals surface area contributed by atoms with Gasteiger partial charge in [-0.15, -0.1) is 0 Å². The minimum atomic E-state index is -3.22. The van der Waals surface area contributed by atoms with Crippen LogP contribution in [-0.2, 0) is 13.6 Å². The Bertz CT molecular complexity index is 382. The van der Waals surface area contributed by atoms with Crippen molar-refractivity contribution in [2.45, 2.75) is 52.2 Å². The van der Waals surface area contributed by atoms with E-state index in [1.807, 2.05) is 20.8 Å². The lowest BCUT2D eigenvalue weighted by atomic mass is 10.1. The molecule has 0 fully saturated rings. The summed E-state index contributed by atoms with van der Waals surface area (Å²) in [5.41, 5.74) is 1.66. The maximum atomic E-state index is 12.9. The highest BCUT2D eigenvalue weighted by Crippen LogP contribution is 2.69. The van der Waals surface area contributed by atoms with Gasteiger partial charge in [-0.3, -0.25) is 9.56 Å². The molecule has 18 heavy (non-hydrogen) atoms. The predicted octanol–water partition coefficient (Wildman–Crippen LogP) is 4.17. The van der Waals surface area contributed by atoms with E-state index >= 15 is 0 Å². The second-order valence-electron chi connectivity index (χ2n) is 4.49. The van der Waals surface area contributed by atoms with E-state index in [0.717, 1.165) is 24.1 Å². The van der Waals surface area contributed by atoms with E-state index in [4.69, 9.17) is 9.05 Å². The Kier molecular flexibility index (Phi) is 5.32. The van der Waals surface area contributed by atoms with Crippen LogP contribution in [0.25, 0.3) is 0 Å². The van der Waals surface area contributed by atoms with Gasteiger partial charge in [0, 0.05) is 0 Å². The van der Waals surface area contributed by atoms with Crippen LogP contribution in [0.4, 0.5) is 0 Å². The van der Waals surface area contributed by atoms with Crippen LogP contribution in [0.5, 0.6) is 0 Å². The lowest BCUT2D eigenvalue weighted by Crippen LogP contribution is -2.23. The van der Waals surface area contributed by atoms with Gasteiger partial charge >= 0.3 is 7.60 Å². The number of unbranched alkanes of at least 4 members (excludes halogenated alkanes) is 1. The maximum Gasteiger partial charge on any atom is 0.364 e. The van der Waals surface area contributed by atoms with Gasteiger partial charge in [-0.1, -0.05) is 26.3 Å². The van der Waals surface area contributed by atoms with Crippen molar-refractivity contribution < 1.29 is 13.6 Å². The molecular formula is C13H24NO3P. The lowest BCUT2D eigenvalue weighted by molar-refractivity contribution is 0.208. The van der Waals surface area contributed by atoms with E-state index in [2.05, 4.69) is 18.5 Å². The molecule has 1 unspecified atom stereocenters. The first-order valence-electron chi connectivity index (χ1n) is 6.62. The molecule has 4 nitrogen and oxygen atoms in total. The molecule has 0 N–H and O–H groups in total. The third-order valence-corrected chi connectivity index (χ3v) is 5.60. The Morgan fingerprint density at radius 1 is 1.33 bits per heavy atom. The molecule has 0 amide bonds. The summed E-state index contributed by atoms with van der Waals surface area (Å²) in [6, 6.07) is 0. The Morgan fingerprint density at radius 2 is 1.89 bits per heavy atom. The Hall–Kier alpha value is -0.440. The zero-order valence-electron chi connectivity index (χ0n) is 11.9. The predicted molar refractivity (Wildman–Crippen MR) is 75.4 cm³/mol. The number of rotatable bonds is 9. The van der Waals surface area contributed by atoms with Gasteiger partial charge in [0.15, 0.2) is 0 Å². The molecule has 1 heterocycles. The minimum absolute atomic E-state index is 0.365. The molecule has 1 aliphatic rings. The fraction of sp³-hybridized carbons (Fsp3) is 0.769. The largest absolute Gasteiger partial charge is 0.364 e. The van der Waals surface area contributed by atoms with Gasteiger partial charge in [0.1, 0.15) is 0 Å². The normalized spacial score (nSPS) is 22.8. The van der Waals surface area contributed by atoms with Crippen LogP contribution in [-0.4, -0.2) is 24.2 Å². The number of nitrogens with zero attached hydrogens (tertiary/aromatic N) is 1. The molecule has 0 bridgehead atoms. The van der Waals surface area contributed by atoms with Gasteiger partial charge < -0.3 is 9.05 Å². The van der Waals surface area contributed by atoms with E-state index in [9.17, 15) is 4.57 Å². The molecule has 104 valence electrons. The van der Waals surface area contributed by atoms with Crippen molar-refractivity contribution in [3.63, 3.8) is 0 Å². The van der Waals surface area contributed by atoms with Crippen LogP contribution in [0, 0.1) is 0 Å². The molecule has 0 radical (unpaired) electrons.